The Morgan fingerprint density at radius 3 is 3.06 bits per heavy atom. The third-order valence-corrected chi connectivity index (χ3v) is 3.32. The fourth-order valence-corrected chi connectivity index (χ4v) is 2.25. The lowest BCUT2D eigenvalue weighted by molar-refractivity contribution is -0.124. The molecule has 1 aromatic carbocycles. The molecule has 2 rings (SSSR count). The molecule has 0 fully saturated rings. The van der Waals surface area contributed by atoms with E-state index in [1.165, 1.54) is 5.56 Å². The summed E-state index contributed by atoms with van der Waals surface area (Å²) in [5.41, 5.74) is 7.80. The van der Waals surface area contributed by atoms with Crippen LogP contribution < -0.4 is 16.4 Å². The Balaban J connectivity index is 1.83. The zero-order chi connectivity index (χ0) is 12.8. The summed E-state index contributed by atoms with van der Waals surface area (Å²) in [5, 5.41) is 6.30. The van der Waals surface area contributed by atoms with Crippen LogP contribution in [0.15, 0.2) is 24.3 Å². The van der Waals surface area contributed by atoms with Crippen molar-refractivity contribution in [1.82, 2.24) is 5.32 Å². The van der Waals surface area contributed by atoms with Crippen LogP contribution in [0.4, 0.5) is 5.69 Å². The number of amides is 1. The molecule has 98 valence electrons. The van der Waals surface area contributed by atoms with E-state index in [0.29, 0.717) is 6.54 Å². The first kappa shape index (κ1) is 12.9. The average Bonchev–Trinajstić information content (AvgIpc) is 2.43. The third-order valence-electron chi connectivity index (χ3n) is 3.32. The van der Waals surface area contributed by atoms with E-state index in [1.54, 1.807) is 0 Å². The van der Waals surface area contributed by atoms with Crippen LogP contribution in [0.5, 0.6) is 0 Å². The Hall–Kier alpha value is -1.55. The molecule has 1 heterocycles. The SMILES string of the molecule is NCCCCNC(=O)C1CNc2ccccc2C1. The lowest BCUT2D eigenvalue weighted by Crippen LogP contribution is -2.38. The summed E-state index contributed by atoms with van der Waals surface area (Å²) in [6.07, 6.45) is 2.75. The summed E-state index contributed by atoms with van der Waals surface area (Å²) in [6.45, 7) is 2.14. The van der Waals surface area contributed by atoms with Gasteiger partial charge in [-0.3, -0.25) is 4.79 Å². The Morgan fingerprint density at radius 1 is 1.39 bits per heavy atom. The molecule has 4 heteroatoms. The van der Waals surface area contributed by atoms with E-state index >= 15 is 0 Å². The van der Waals surface area contributed by atoms with E-state index in [2.05, 4.69) is 22.8 Å². The lowest BCUT2D eigenvalue weighted by Gasteiger charge is -2.25. The molecule has 0 saturated heterocycles. The number of anilines is 1. The Labute approximate surface area is 108 Å². The van der Waals surface area contributed by atoms with Gasteiger partial charge in [-0.15, -0.1) is 0 Å². The number of hydrogen-bond acceptors (Lipinski definition) is 3. The zero-order valence-corrected chi connectivity index (χ0v) is 10.6. The Bertz CT molecular complexity index is 406. The van der Waals surface area contributed by atoms with Crippen LogP contribution in [0.1, 0.15) is 18.4 Å². The molecular weight excluding hydrogens is 226 g/mol. The predicted octanol–water partition coefficient (Wildman–Crippen LogP) is 1.13. The molecular formula is C14H21N3O. The third kappa shape index (κ3) is 3.23. The summed E-state index contributed by atoms with van der Waals surface area (Å²) < 4.78 is 0. The van der Waals surface area contributed by atoms with Gasteiger partial charge in [-0.2, -0.15) is 0 Å². The maximum absolute atomic E-state index is 12.0. The summed E-state index contributed by atoms with van der Waals surface area (Å²) in [6, 6.07) is 8.17. The first-order valence-corrected chi connectivity index (χ1v) is 6.61. The molecule has 1 aromatic rings. The molecule has 0 spiro atoms. The van der Waals surface area contributed by atoms with Crippen molar-refractivity contribution in [1.29, 1.82) is 0 Å². The number of rotatable bonds is 5. The molecule has 0 saturated carbocycles. The van der Waals surface area contributed by atoms with Gasteiger partial charge in [0, 0.05) is 18.8 Å². The van der Waals surface area contributed by atoms with E-state index in [1.807, 2.05) is 12.1 Å². The molecule has 4 N–H and O–H groups in total. The quantitative estimate of drug-likeness (QED) is 0.683. The predicted molar refractivity (Wildman–Crippen MR) is 73.4 cm³/mol. The number of hydrogen-bond donors (Lipinski definition) is 3. The highest BCUT2D eigenvalue weighted by Gasteiger charge is 2.23. The summed E-state index contributed by atoms with van der Waals surface area (Å²) in [5.74, 6) is 0.187. The lowest BCUT2D eigenvalue weighted by atomic mass is 9.93. The van der Waals surface area contributed by atoms with E-state index < -0.39 is 0 Å². The van der Waals surface area contributed by atoms with Crippen molar-refractivity contribution >= 4 is 11.6 Å². The number of nitrogens with two attached hydrogens (primary N) is 1. The van der Waals surface area contributed by atoms with Gasteiger partial charge in [0.1, 0.15) is 0 Å². The van der Waals surface area contributed by atoms with Gasteiger partial charge in [0.15, 0.2) is 0 Å². The standard InChI is InChI=1S/C14H21N3O/c15-7-3-4-8-16-14(18)12-9-11-5-1-2-6-13(11)17-10-12/h1-2,5-6,12,17H,3-4,7-10,15H2,(H,16,18). The largest absolute Gasteiger partial charge is 0.384 e. The number of carbonyl (C=O) groups excluding carboxylic acids is 1. The minimum absolute atomic E-state index is 0.0396. The molecule has 1 atom stereocenters. The number of fused-ring (bicyclic) bond motifs is 1. The van der Waals surface area contributed by atoms with Gasteiger partial charge < -0.3 is 16.4 Å². The monoisotopic (exact) mass is 247 g/mol. The second kappa shape index (κ2) is 6.40. The maximum Gasteiger partial charge on any atom is 0.225 e. The average molecular weight is 247 g/mol. The van der Waals surface area contributed by atoms with Gasteiger partial charge in [0.2, 0.25) is 5.91 Å². The molecule has 4 nitrogen and oxygen atoms in total. The Morgan fingerprint density at radius 2 is 2.22 bits per heavy atom. The second-order valence-corrected chi connectivity index (χ2v) is 4.73. The van der Waals surface area contributed by atoms with Gasteiger partial charge in [-0.1, -0.05) is 18.2 Å². The van der Waals surface area contributed by atoms with Crippen molar-refractivity contribution in [2.75, 3.05) is 25.0 Å². The van der Waals surface area contributed by atoms with Crippen molar-refractivity contribution in [3.05, 3.63) is 29.8 Å². The van der Waals surface area contributed by atoms with Gasteiger partial charge in [0.25, 0.3) is 0 Å². The first-order valence-electron chi connectivity index (χ1n) is 6.61. The van der Waals surface area contributed by atoms with Gasteiger partial charge in [0.05, 0.1) is 5.92 Å². The van der Waals surface area contributed by atoms with Crippen LogP contribution in [0, 0.1) is 5.92 Å². The zero-order valence-electron chi connectivity index (χ0n) is 10.6. The molecule has 0 radical (unpaired) electrons. The summed E-state index contributed by atoms with van der Waals surface area (Å²) in [4.78, 5) is 12.0. The van der Waals surface area contributed by atoms with Crippen LogP contribution in [0.3, 0.4) is 0 Å². The van der Waals surface area contributed by atoms with Crippen LogP contribution in [-0.2, 0) is 11.2 Å². The Kier molecular flexibility index (Phi) is 4.59. The molecule has 1 unspecified atom stereocenters. The second-order valence-electron chi connectivity index (χ2n) is 4.73. The number of carbonyl (C=O) groups is 1. The van der Waals surface area contributed by atoms with E-state index in [0.717, 1.165) is 38.0 Å². The van der Waals surface area contributed by atoms with Crippen molar-refractivity contribution in [3.63, 3.8) is 0 Å². The van der Waals surface area contributed by atoms with E-state index in [-0.39, 0.29) is 11.8 Å². The number of unbranched alkanes of at least 4 members (excludes halogenated alkanes) is 1. The van der Waals surface area contributed by atoms with Crippen molar-refractivity contribution in [2.45, 2.75) is 19.3 Å². The van der Waals surface area contributed by atoms with Crippen LogP contribution in [-0.4, -0.2) is 25.5 Å². The van der Waals surface area contributed by atoms with Crippen LogP contribution in [0.25, 0.3) is 0 Å². The van der Waals surface area contributed by atoms with Crippen LogP contribution in [0.2, 0.25) is 0 Å². The molecule has 0 aromatic heterocycles. The van der Waals surface area contributed by atoms with Crippen molar-refractivity contribution in [3.8, 4) is 0 Å². The minimum atomic E-state index is 0.0396. The number of para-hydroxylation sites is 1. The van der Waals surface area contributed by atoms with Crippen LogP contribution >= 0.6 is 0 Å². The minimum Gasteiger partial charge on any atom is -0.384 e. The summed E-state index contributed by atoms with van der Waals surface area (Å²) in [7, 11) is 0. The smallest absolute Gasteiger partial charge is 0.225 e. The van der Waals surface area contributed by atoms with Crippen molar-refractivity contribution in [2.24, 2.45) is 11.7 Å². The van der Waals surface area contributed by atoms with E-state index in [9.17, 15) is 4.79 Å². The normalized spacial score (nSPS) is 17.7. The molecule has 1 aliphatic rings. The topological polar surface area (TPSA) is 67.1 Å². The highest BCUT2D eigenvalue weighted by atomic mass is 16.1. The number of nitrogens with one attached hydrogen (secondary N) is 2. The maximum atomic E-state index is 12.0. The molecule has 0 aliphatic carbocycles. The highest BCUT2D eigenvalue weighted by Crippen LogP contribution is 2.24. The molecule has 1 amide bonds. The fraction of sp³-hybridized carbons (Fsp3) is 0.500. The summed E-state index contributed by atoms with van der Waals surface area (Å²) >= 11 is 0. The van der Waals surface area contributed by atoms with Gasteiger partial charge >= 0.3 is 0 Å². The number of benzene rings is 1. The first-order chi connectivity index (χ1) is 8.81. The van der Waals surface area contributed by atoms with Gasteiger partial charge in [-0.05, 0) is 37.4 Å². The molecule has 1 aliphatic heterocycles. The highest BCUT2D eigenvalue weighted by molar-refractivity contribution is 5.80. The van der Waals surface area contributed by atoms with Crippen molar-refractivity contribution < 1.29 is 4.79 Å². The van der Waals surface area contributed by atoms with Gasteiger partial charge in [-0.25, -0.2) is 0 Å². The van der Waals surface area contributed by atoms with E-state index in [4.69, 9.17) is 5.73 Å². The molecule has 18 heavy (non-hydrogen) atoms. The fourth-order valence-electron chi connectivity index (χ4n) is 2.25. The molecule has 0 bridgehead atoms.